The van der Waals surface area contributed by atoms with Crippen molar-refractivity contribution < 1.29 is 24.0 Å². The summed E-state index contributed by atoms with van der Waals surface area (Å²) in [5, 5.41) is 8.18. The molecule has 1 saturated carbocycles. The van der Waals surface area contributed by atoms with Gasteiger partial charge in [-0.15, -0.1) is 0 Å². The Morgan fingerprint density at radius 3 is 2.14 bits per heavy atom. The zero-order chi connectivity index (χ0) is 28.1. The number of ketones is 1. The van der Waals surface area contributed by atoms with Gasteiger partial charge >= 0.3 is 6.03 Å². The number of amides is 5. The molecule has 2 rings (SSSR count). The van der Waals surface area contributed by atoms with E-state index in [9.17, 15) is 24.0 Å². The van der Waals surface area contributed by atoms with Gasteiger partial charge in [-0.2, -0.15) is 0 Å². The van der Waals surface area contributed by atoms with Gasteiger partial charge in [0.05, 0.1) is 6.04 Å². The monoisotopic (exact) mass is 519 g/mol. The van der Waals surface area contributed by atoms with Gasteiger partial charge in [-0.05, 0) is 42.4 Å². The summed E-state index contributed by atoms with van der Waals surface area (Å²) in [6, 6.07) is -3.29. The van der Waals surface area contributed by atoms with Crippen LogP contribution in [0.5, 0.6) is 0 Å². The fraction of sp³-hybridized carbons (Fsp3) is 0.741. The van der Waals surface area contributed by atoms with E-state index in [1.165, 1.54) is 4.90 Å². The Bertz CT molecular complexity index is 905. The summed E-state index contributed by atoms with van der Waals surface area (Å²) < 4.78 is 0. The van der Waals surface area contributed by atoms with Gasteiger partial charge in [-0.1, -0.05) is 67.4 Å². The fourth-order valence-electron chi connectivity index (χ4n) is 5.05. The molecule has 1 saturated heterocycles. The first-order chi connectivity index (χ1) is 17.2. The first-order valence-electron chi connectivity index (χ1n) is 13.4. The average molecular weight is 520 g/mol. The molecule has 1 unspecified atom stereocenters. The summed E-state index contributed by atoms with van der Waals surface area (Å²) in [6.07, 6.45) is 4.44. The molecular weight excluding hydrogens is 474 g/mol. The smallest absolute Gasteiger partial charge is 0.319 e. The van der Waals surface area contributed by atoms with Crippen molar-refractivity contribution in [3.8, 4) is 0 Å². The van der Waals surface area contributed by atoms with Crippen molar-refractivity contribution >= 4 is 29.5 Å². The molecule has 0 bridgehead atoms. The maximum Gasteiger partial charge on any atom is 0.319 e. The molecule has 2 aliphatic rings. The third-order valence-corrected chi connectivity index (χ3v) is 7.63. The van der Waals surface area contributed by atoms with E-state index in [0.717, 1.165) is 19.3 Å². The van der Waals surface area contributed by atoms with E-state index in [2.05, 4.69) is 22.5 Å². The molecule has 5 amide bonds. The molecule has 0 aromatic rings. The van der Waals surface area contributed by atoms with Gasteiger partial charge < -0.3 is 26.6 Å². The second kappa shape index (κ2) is 12.6. The predicted octanol–water partition coefficient (Wildman–Crippen LogP) is 2.23. The highest BCUT2D eigenvalue weighted by Crippen LogP contribution is 2.34. The van der Waals surface area contributed by atoms with Crippen LogP contribution in [0.1, 0.15) is 80.1 Å². The molecule has 1 aliphatic carbocycles. The number of nitrogens with one attached hydrogen (secondary N) is 3. The van der Waals surface area contributed by atoms with Gasteiger partial charge in [-0.3, -0.25) is 19.2 Å². The first kappa shape index (κ1) is 30.3. The molecule has 4 atom stereocenters. The molecule has 1 aliphatic heterocycles. The number of nitrogens with two attached hydrogens (primary N) is 1. The molecule has 0 aromatic carbocycles. The Hall–Kier alpha value is -2.91. The SMILES string of the molecule is C=C(CC)NC(=O)N[C@H](C(=O)N1CC[C@H](C(C)C)[C@H]1C(=O)NC(CC1CCC1)C(=O)C(N)=O)C(C)(C)C. The van der Waals surface area contributed by atoms with Crippen molar-refractivity contribution in [1.29, 1.82) is 0 Å². The zero-order valence-corrected chi connectivity index (χ0v) is 23.2. The van der Waals surface area contributed by atoms with Gasteiger partial charge in [0, 0.05) is 12.2 Å². The zero-order valence-electron chi connectivity index (χ0n) is 23.2. The van der Waals surface area contributed by atoms with E-state index < -0.39 is 47.2 Å². The number of Topliss-reactive ketones (excluding diaryl/α,β-unsaturated/α-hetero) is 1. The lowest BCUT2D eigenvalue weighted by molar-refractivity contribution is -0.144. The van der Waals surface area contributed by atoms with E-state index in [-0.39, 0.29) is 23.7 Å². The van der Waals surface area contributed by atoms with Crippen molar-refractivity contribution in [2.24, 2.45) is 28.9 Å². The van der Waals surface area contributed by atoms with Crippen LogP contribution < -0.4 is 21.7 Å². The Labute approximate surface area is 220 Å². The molecule has 0 spiro atoms. The fourth-order valence-corrected chi connectivity index (χ4v) is 5.05. The Morgan fingerprint density at radius 2 is 1.68 bits per heavy atom. The molecule has 10 heteroatoms. The summed E-state index contributed by atoms with van der Waals surface area (Å²) >= 11 is 0. The van der Waals surface area contributed by atoms with Crippen molar-refractivity contribution in [1.82, 2.24) is 20.9 Å². The van der Waals surface area contributed by atoms with Crippen molar-refractivity contribution in [3.63, 3.8) is 0 Å². The minimum atomic E-state index is -1.08. The highest BCUT2D eigenvalue weighted by molar-refractivity contribution is 6.37. The van der Waals surface area contributed by atoms with Crippen LogP contribution in [0.15, 0.2) is 12.3 Å². The second-order valence-corrected chi connectivity index (χ2v) is 11.8. The molecule has 10 nitrogen and oxygen atoms in total. The number of hydrogen-bond donors (Lipinski definition) is 4. The number of primary amides is 1. The number of urea groups is 1. The van der Waals surface area contributed by atoms with E-state index in [0.29, 0.717) is 31.5 Å². The van der Waals surface area contributed by atoms with Gasteiger partial charge in [-0.25, -0.2) is 4.79 Å². The minimum Gasteiger partial charge on any atom is -0.363 e. The lowest BCUT2D eigenvalue weighted by Gasteiger charge is -2.37. The van der Waals surface area contributed by atoms with Crippen LogP contribution in [-0.2, 0) is 19.2 Å². The average Bonchev–Trinajstić information content (AvgIpc) is 3.22. The Kier molecular flexibility index (Phi) is 10.3. The summed E-state index contributed by atoms with van der Waals surface area (Å²) in [5.74, 6) is -2.55. The largest absolute Gasteiger partial charge is 0.363 e. The third-order valence-electron chi connectivity index (χ3n) is 7.63. The highest BCUT2D eigenvalue weighted by Gasteiger charge is 2.47. The van der Waals surface area contributed by atoms with E-state index in [1.54, 1.807) is 0 Å². The van der Waals surface area contributed by atoms with Crippen molar-refractivity contribution in [2.75, 3.05) is 6.54 Å². The van der Waals surface area contributed by atoms with Crippen molar-refractivity contribution in [2.45, 2.75) is 98.2 Å². The van der Waals surface area contributed by atoms with Gasteiger partial charge in [0.1, 0.15) is 12.1 Å². The van der Waals surface area contributed by atoms with Crippen LogP contribution in [0.2, 0.25) is 0 Å². The number of hydrogen-bond acceptors (Lipinski definition) is 5. The Balaban J connectivity index is 2.31. The number of carbonyl (C=O) groups is 5. The van der Waals surface area contributed by atoms with Gasteiger partial charge in [0.25, 0.3) is 5.91 Å². The molecule has 5 N–H and O–H groups in total. The minimum absolute atomic E-state index is 0.0858. The normalized spacial score (nSPS) is 21.5. The third kappa shape index (κ3) is 7.79. The standard InChI is InChI=1S/C27H45N5O5/c1-8-16(4)29-26(37)31-22(27(5,6)7)25(36)32-13-12-18(15(2)3)20(32)24(35)30-19(21(33)23(28)34)14-17-10-9-11-17/h15,17-20,22H,4,8-14H2,1-3,5-7H3,(H2,28,34)(H,30,35)(H2,29,31,37)/t18-,19?,20+,22-/m1/s1. The van der Waals surface area contributed by atoms with Crippen LogP contribution in [-0.4, -0.2) is 59.1 Å². The first-order valence-corrected chi connectivity index (χ1v) is 13.4. The number of nitrogens with zero attached hydrogens (tertiary/aromatic N) is 1. The molecule has 37 heavy (non-hydrogen) atoms. The quantitative estimate of drug-likeness (QED) is 0.309. The van der Waals surface area contributed by atoms with Gasteiger partial charge in [0.15, 0.2) is 0 Å². The second-order valence-electron chi connectivity index (χ2n) is 11.8. The maximum atomic E-state index is 13.9. The number of rotatable bonds is 11. The molecule has 0 radical (unpaired) electrons. The predicted molar refractivity (Wildman–Crippen MR) is 141 cm³/mol. The molecule has 0 aromatic heterocycles. The van der Waals surface area contributed by atoms with Crippen LogP contribution in [0, 0.1) is 23.2 Å². The topological polar surface area (TPSA) is 151 Å². The van der Waals surface area contributed by atoms with Crippen LogP contribution in [0.4, 0.5) is 4.79 Å². The number of carbonyl (C=O) groups excluding carboxylic acids is 5. The van der Waals surface area contributed by atoms with Gasteiger partial charge in [0.2, 0.25) is 17.6 Å². The summed E-state index contributed by atoms with van der Waals surface area (Å²) in [7, 11) is 0. The number of allylic oxidation sites excluding steroid dienone is 1. The van der Waals surface area contributed by atoms with E-state index in [4.69, 9.17) is 5.73 Å². The van der Waals surface area contributed by atoms with Crippen LogP contribution in [0.3, 0.4) is 0 Å². The maximum absolute atomic E-state index is 13.9. The Morgan fingerprint density at radius 1 is 1.05 bits per heavy atom. The van der Waals surface area contributed by atoms with Crippen molar-refractivity contribution in [3.05, 3.63) is 12.3 Å². The van der Waals surface area contributed by atoms with E-state index in [1.807, 2.05) is 41.5 Å². The summed E-state index contributed by atoms with van der Waals surface area (Å²) in [4.78, 5) is 65.8. The lowest BCUT2D eigenvalue weighted by atomic mass is 9.80. The van der Waals surface area contributed by atoms with E-state index >= 15 is 0 Å². The lowest BCUT2D eigenvalue weighted by Crippen LogP contribution is -2.61. The molecule has 208 valence electrons. The highest BCUT2D eigenvalue weighted by atomic mass is 16.2. The number of likely N-dealkylation sites (tertiary alicyclic amines) is 1. The summed E-state index contributed by atoms with van der Waals surface area (Å²) in [6.45, 7) is 15.5. The van der Waals surface area contributed by atoms with Crippen LogP contribution >= 0.6 is 0 Å². The van der Waals surface area contributed by atoms with Crippen LogP contribution in [0.25, 0.3) is 0 Å². The molecule has 1 heterocycles. The summed E-state index contributed by atoms with van der Waals surface area (Å²) in [5.41, 5.74) is 5.15. The molecule has 2 fully saturated rings. The molecular formula is C27H45N5O5.